The van der Waals surface area contributed by atoms with Crippen LogP contribution in [0.5, 0.6) is 11.5 Å². The van der Waals surface area contributed by atoms with Crippen LogP contribution in [0.1, 0.15) is 17.4 Å². The minimum atomic E-state index is 0.609. The summed E-state index contributed by atoms with van der Waals surface area (Å²) in [5, 5.41) is 3.39. The monoisotopic (exact) mass is 356 g/mol. The molecule has 20 heavy (non-hydrogen) atoms. The fourth-order valence-corrected chi connectivity index (χ4v) is 2.99. The highest BCUT2D eigenvalue weighted by Crippen LogP contribution is 2.36. The molecule has 1 aromatic heterocycles. The summed E-state index contributed by atoms with van der Waals surface area (Å²) in [6, 6.07) is 4.04. The van der Waals surface area contributed by atoms with Crippen molar-refractivity contribution in [3.05, 3.63) is 38.8 Å². The molecule has 0 aliphatic rings. The first-order valence-electron chi connectivity index (χ1n) is 6.32. The van der Waals surface area contributed by atoms with Crippen LogP contribution in [0.25, 0.3) is 0 Å². The van der Waals surface area contributed by atoms with Gasteiger partial charge in [-0.1, -0.05) is 0 Å². The van der Waals surface area contributed by atoms with E-state index in [1.54, 1.807) is 18.4 Å². The number of hydrogen-bond donors (Lipinski definition) is 1. The van der Waals surface area contributed by atoms with Crippen LogP contribution in [0.2, 0.25) is 0 Å². The molecule has 2 rings (SSSR count). The molecule has 0 spiro atoms. The summed E-state index contributed by atoms with van der Waals surface area (Å²) >= 11 is 5.18. The van der Waals surface area contributed by atoms with Crippen LogP contribution in [-0.4, -0.2) is 18.7 Å². The molecule has 108 valence electrons. The second-order valence-corrected chi connectivity index (χ2v) is 5.94. The molecule has 0 aliphatic carbocycles. The van der Waals surface area contributed by atoms with Gasteiger partial charge in [0.25, 0.3) is 0 Å². The molecule has 0 amide bonds. The van der Waals surface area contributed by atoms with Gasteiger partial charge in [0, 0.05) is 24.2 Å². The number of rotatable bonds is 7. The van der Waals surface area contributed by atoms with Gasteiger partial charge in [0.2, 0.25) is 0 Å². The summed E-state index contributed by atoms with van der Waals surface area (Å²) in [5.41, 5.74) is 2.98. The minimum absolute atomic E-state index is 0.609. The highest BCUT2D eigenvalue weighted by molar-refractivity contribution is 9.10. The Bertz CT molecular complexity index is 546. The number of benzene rings is 1. The lowest BCUT2D eigenvalue weighted by Crippen LogP contribution is -2.12. The summed E-state index contributed by atoms with van der Waals surface area (Å²) in [4.78, 5) is 5.28. The Balaban J connectivity index is 2.02. The Labute approximate surface area is 131 Å². The third kappa shape index (κ3) is 3.94. The molecule has 0 saturated carbocycles. The number of nitrogens with one attached hydrogen (secondary N) is 1. The molecular weight excluding hydrogens is 340 g/mol. The Hall–Kier alpha value is -1.11. The van der Waals surface area contributed by atoms with Crippen LogP contribution in [-0.2, 0) is 13.1 Å². The SMILES string of the molecule is CCOc1c(Br)cc(CNCc2cncs2)cc1OC. The zero-order valence-electron chi connectivity index (χ0n) is 11.5. The van der Waals surface area contributed by atoms with E-state index in [4.69, 9.17) is 9.47 Å². The van der Waals surface area contributed by atoms with Crippen molar-refractivity contribution in [2.75, 3.05) is 13.7 Å². The Morgan fingerprint density at radius 2 is 2.20 bits per heavy atom. The maximum Gasteiger partial charge on any atom is 0.175 e. The molecule has 2 aromatic rings. The van der Waals surface area contributed by atoms with Gasteiger partial charge >= 0.3 is 0 Å². The van der Waals surface area contributed by atoms with Crippen molar-refractivity contribution in [3.63, 3.8) is 0 Å². The topological polar surface area (TPSA) is 43.4 Å². The smallest absolute Gasteiger partial charge is 0.175 e. The number of hydrogen-bond acceptors (Lipinski definition) is 5. The molecule has 1 aromatic carbocycles. The Morgan fingerprint density at radius 1 is 1.35 bits per heavy atom. The van der Waals surface area contributed by atoms with E-state index in [1.807, 2.05) is 30.8 Å². The lowest BCUT2D eigenvalue weighted by Gasteiger charge is -2.13. The number of ether oxygens (including phenoxy) is 2. The van der Waals surface area contributed by atoms with Crippen LogP contribution < -0.4 is 14.8 Å². The van der Waals surface area contributed by atoms with Gasteiger partial charge in [-0.05, 0) is 40.5 Å². The van der Waals surface area contributed by atoms with Crippen molar-refractivity contribution in [3.8, 4) is 11.5 Å². The van der Waals surface area contributed by atoms with Gasteiger partial charge < -0.3 is 14.8 Å². The van der Waals surface area contributed by atoms with Crippen LogP contribution >= 0.6 is 27.3 Å². The second kappa shape index (κ2) is 7.61. The molecule has 0 radical (unpaired) electrons. The van der Waals surface area contributed by atoms with Crippen LogP contribution in [0.3, 0.4) is 0 Å². The molecular formula is C14H17BrN2O2S. The molecule has 4 nitrogen and oxygen atoms in total. The molecule has 0 saturated heterocycles. The zero-order valence-corrected chi connectivity index (χ0v) is 13.9. The number of aromatic nitrogens is 1. The Morgan fingerprint density at radius 3 is 2.85 bits per heavy atom. The molecule has 0 aliphatic heterocycles. The van der Waals surface area contributed by atoms with Crippen LogP contribution in [0.4, 0.5) is 0 Å². The van der Waals surface area contributed by atoms with E-state index < -0.39 is 0 Å². The summed E-state index contributed by atoms with van der Waals surface area (Å²) in [6.45, 7) is 4.14. The van der Waals surface area contributed by atoms with Gasteiger partial charge in [0.05, 0.1) is 23.7 Å². The van der Waals surface area contributed by atoms with Gasteiger partial charge in [-0.2, -0.15) is 0 Å². The van der Waals surface area contributed by atoms with E-state index in [0.717, 1.165) is 34.6 Å². The van der Waals surface area contributed by atoms with Crippen LogP contribution in [0, 0.1) is 0 Å². The van der Waals surface area contributed by atoms with E-state index in [-0.39, 0.29) is 0 Å². The summed E-state index contributed by atoms with van der Waals surface area (Å²) in [7, 11) is 1.65. The molecule has 0 atom stereocenters. The van der Waals surface area contributed by atoms with Gasteiger partial charge in [-0.25, -0.2) is 0 Å². The number of thiazole rings is 1. The maximum absolute atomic E-state index is 5.58. The highest BCUT2D eigenvalue weighted by Gasteiger charge is 2.11. The van der Waals surface area contributed by atoms with Gasteiger partial charge in [0.15, 0.2) is 11.5 Å². The van der Waals surface area contributed by atoms with Gasteiger partial charge in [0.1, 0.15) is 0 Å². The van der Waals surface area contributed by atoms with Crippen molar-refractivity contribution in [1.29, 1.82) is 0 Å². The summed E-state index contributed by atoms with van der Waals surface area (Å²) < 4.78 is 11.9. The first-order chi connectivity index (χ1) is 9.74. The Kier molecular flexibility index (Phi) is 5.82. The lowest BCUT2D eigenvalue weighted by molar-refractivity contribution is 0.308. The summed E-state index contributed by atoms with van der Waals surface area (Å²) in [6.07, 6.45) is 1.88. The average Bonchev–Trinajstić information content (AvgIpc) is 2.94. The third-order valence-corrected chi connectivity index (χ3v) is 4.06. The van der Waals surface area contributed by atoms with E-state index in [2.05, 4.69) is 26.2 Å². The van der Waals surface area contributed by atoms with E-state index in [0.29, 0.717) is 6.61 Å². The first kappa shape index (κ1) is 15.3. The fourth-order valence-electron chi connectivity index (χ4n) is 1.82. The van der Waals surface area contributed by atoms with Crippen molar-refractivity contribution in [2.24, 2.45) is 0 Å². The van der Waals surface area contributed by atoms with Gasteiger partial charge in [-0.15, -0.1) is 11.3 Å². The minimum Gasteiger partial charge on any atom is -0.493 e. The van der Waals surface area contributed by atoms with Crippen molar-refractivity contribution in [2.45, 2.75) is 20.0 Å². The van der Waals surface area contributed by atoms with Crippen molar-refractivity contribution >= 4 is 27.3 Å². The molecule has 1 N–H and O–H groups in total. The molecule has 0 fully saturated rings. The second-order valence-electron chi connectivity index (χ2n) is 4.11. The van der Waals surface area contributed by atoms with Crippen molar-refractivity contribution in [1.82, 2.24) is 10.3 Å². The van der Waals surface area contributed by atoms with Crippen LogP contribution in [0.15, 0.2) is 28.3 Å². The molecule has 1 heterocycles. The van der Waals surface area contributed by atoms with E-state index >= 15 is 0 Å². The lowest BCUT2D eigenvalue weighted by atomic mass is 10.2. The summed E-state index contributed by atoms with van der Waals surface area (Å²) in [5.74, 6) is 1.50. The van der Waals surface area contributed by atoms with E-state index in [9.17, 15) is 0 Å². The number of halogens is 1. The normalized spacial score (nSPS) is 10.6. The number of methoxy groups -OCH3 is 1. The maximum atomic E-state index is 5.58. The fraction of sp³-hybridized carbons (Fsp3) is 0.357. The predicted molar refractivity (Wildman–Crippen MR) is 84.5 cm³/mol. The third-order valence-electron chi connectivity index (χ3n) is 2.69. The standard InChI is InChI=1S/C14H17BrN2O2S/c1-3-19-14-12(15)4-10(5-13(14)18-2)6-16-7-11-8-17-9-20-11/h4-5,8-9,16H,3,6-7H2,1-2H3. The predicted octanol–water partition coefficient (Wildman–Crippen LogP) is 3.60. The highest BCUT2D eigenvalue weighted by atomic mass is 79.9. The largest absolute Gasteiger partial charge is 0.493 e. The first-order valence-corrected chi connectivity index (χ1v) is 7.99. The van der Waals surface area contributed by atoms with Crippen molar-refractivity contribution < 1.29 is 9.47 Å². The van der Waals surface area contributed by atoms with E-state index in [1.165, 1.54) is 4.88 Å². The average molecular weight is 357 g/mol. The number of nitrogens with zero attached hydrogens (tertiary/aromatic N) is 1. The van der Waals surface area contributed by atoms with Gasteiger partial charge in [-0.3, -0.25) is 4.98 Å². The molecule has 0 unspecified atom stereocenters. The molecule has 0 bridgehead atoms. The quantitative estimate of drug-likeness (QED) is 0.822. The molecule has 6 heteroatoms. The zero-order chi connectivity index (χ0) is 14.4.